The van der Waals surface area contributed by atoms with E-state index in [1.54, 1.807) is 11.9 Å². The van der Waals surface area contributed by atoms with Crippen molar-refractivity contribution in [2.75, 3.05) is 7.05 Å². The topological polar surface area (TPSA) is 49.8 Å². The van der Waals surface area contributed by atoms with Crippen LogP contribution in [0.5, 0.6) is 0 Å². The molecule has 0 aromatic heterocycles. The van der Waals surface area contributed by atoms with Gasteiger partial charge in [0.1, 0.15) is 5.60 Å². The first-order chi connectivity index (χ1) is 6.29. The van der Waals surface area contributed by atoms with Crippen LogP contribution in [0.2, 0.25) is 0 Å². The molecule has 0 aliphatic heterocycles. The number of nitrogens with zero attached hydrogens (tertiary/aromatic N) is 1. The smallest absolute Gasteiger partial charge is 0.410 e. The number of amides is 1. The van der Waals surface area contributed by atoms with Crippen LogP contribution in [0, 0.1) is 0 Å². The van der Waals surface area contributed by atoms with E-state index in [1.807, 2.05) is 20.8 Å². The highest BCUT2D eigenvalue weighted by Gasteiger charge is 2.34. The van der Waals surface area contributed by atoms with Gasteiger partial charge in [-0.05, 0) is 33.6 Å². The summed E-state index contributed by atoms with van der Waals surface area (Å²) in [5, 5.41) is 9.10. The van der Waals surface area contributed by atoms with Crippen molar-refractivity contribution in [1.29, 1.82) is 0 Å². The van der Waals surface area contributed by atoms with Gasteiger partial charge >= 0.3 is 6.09 Å². The third kappa shape index (κ3) is 2.87. The van der Waals surface area contributed by atoms with Crippen LogP contribution in [0.3, 0.4) is 0 Å². The average Bonchev–Trinajstić information content (AvgIpc) is 1.94. The number of aliphatic hydroxyl groups is 1. The summed E-state index contributed by atoms with van der Waals surface area (Å²) in [6.45, 7) is 5.52. The molecule has 1 amide bonds. The van der Waals surface area contributed by atoms with Gasteiger partial charge in [0.25, 0.3) is 0 Å². The van der Waals surface area contributed by atoms with E-state index in [1.165, 1.54) is 0 Å². The van der Waals surface area contributed by atoms with Gasteiger partial charge in [0.05, 0.1) is 6.10 Å². The predicted molar refractivity (Wildman–Crippen MR) is 53.0 cm³/mol. The normalized spacial score (nSPS) is 26.6. The molecule has 0 bridgehead atoms. The second-order valence-corrected chi connectivity index (χ2v) is 4.87. The fraction of sp³-hybridized carbons (Fsp3) is 0.900. The summed E-state index contributed by atoms with van der Waals surface area (Å²) in [6, 6.07) is 0.139. The minimum atomic E-state index is -0.451. The van der Waals surface area contributed by atoms with Crippen LogP contribution in [-0.4, -0.2) is 40.9 Å². The first-order valence-electron chi connectivity index (χ1n) is 4.93. The number of aliphatic hydroxyl groups excluding tert-OH is 1. The van der Waals surface area contributed by atoms with Crippen LogP contribution in [0.1, 0.15) is 33.6 Å². The summed E-state index contributed by atoms with van der Waals surface area (Å²) < 4.78 is 5.20. The Morgan fingerprint density at radius 3 is 2.29 bits per heavy atom. The molecule has 82 valence electrons. The third-order valence-electron chi connectivity index (χ3n) is 2.32. The molecule has 0 heterocycles. The quantitative estimate of drug-likeness (QED) is 0.697. The zero-order valence-corrected chi connectivity index (χ0v) is 9.28. The van der Waals surface area contributed by atoms with Crippen molar-refractivity contribution in [2.24, 2.45) is 0 Å². The highest BCUT2D eigenvalue weighted by Crippen LogP contribution is 2.25. The van der Waals surface area contributed by atoms with Crippen LogP contribution in [0.25, 0.3) is 0 Å². The third-order valence-corrected chi connectivity index (χ3v) is 2.32. The lowest BCUT2D eigenvalue weighted by Gasteiger charge is -2.38. The van der Waals surface area contributed by atoms with Crippen molar-refractivity contribution < 1.29 is 14.6 Å². The molecule has 1 rings (SSSR count). The van der Waals surface area contributed by atoms with Crippen molar-refractivity contribution in [3.63, 3.8) is 0 Å². The van der Waals surface area contributed by atoms with Crippen LogP contribution < -0.4 is 0 Å². The molecule has 1 fully saturated rings. The summed E-state index contributed by atoms with van der Waals surface area (Å²) in [5.41, 5.74) is -0.451. The Labute approximate surface area is 84.8 Å². The minimum Gasteiger partial charge on any atom is -0.444 e. The number of carbonyl (C=O) groups is 1. The molecule has 0 atom stereocenters. The van der Waals surface area contributed by atoms with Crippen molar-refractivity contribution in [3.8, 4) is 0 Å². The second-order valence-electron chi connectivity index (χ2n) is 4.87. The largest absolute Gasteiger partial charge is 0.444 e. The highest BCUT2D eigenvalue weighted by atomic mass is 16.6. The molecule has 4 heteroatoms. The lowest BCUT2D eigenvalue weighted by Crippen LogP contribution is -2.49. The maximum Gasteiger partial charge on any atom is 0.410 e. The van der Waals surface area contributed by atoms with Crippen molar-refractivity contribution in [2.45, 2.75) is 51.4 Å². The maximum absolute atomic E-state index is 11.5. The van der Waals surface area contributed by atoms with E-state index >= 15 is 0 Å². The standard InChI is InChI=1S/C10H19NO3/c1-10(2,3)14-9(13)11(4)7-5-8(12)6-7/h7-8,12H,5-6H2,1-4H3/t7-,8-. The summed E-state index contributed by atoms with van der Waals surface area (Å²) in [4.78, 5) is 13.1. The number of ether oxygens (including phenoxy) is 1. The minimum absolute atomic E-state index is 0.139. The van der Waals surface area contributed by atoms with Crippen LogP contribution in [-0.2, 0) is 4.74 Å². The molecule has 0 saturated heterocycles. The summed E-state index contributed by atoms with van der Waals surface area (Å²) in [5.74, 6) is 0. The Morgan fingerprint density at radius 1 is 1.43 bits per heavy atom. The van der Waals surface area contributed by atoms with Crippen LogP contribution in [0.15, 0.2) is 0 Å². The molecular weight excluding hydrogens is 182 g/mol. The Balaban J connectivity index is 2.38. The number of rotatable bonds is 1. The molecule has 1 aliphatic carbocycles. The van der Waals surface area contributed by atoms with E-state index in [2.05, 4.69) is 0 Å². The van der Waals surface area contributed by atoms with Crippen molar-refractivity contribution >= 4 is 6.09 Å². The first kappa shape index (κ1) is 11.3. The van der Waals surface area contributed by atoms with Gasteiger partial charge in [-0.2, -0.15) is 0 Å². The Kier molecular flexibility index (Phi) is 3.04. The van der Waals surface area contributed by atoms with E-state index in [4.69, 9.17) is 9.84 Å². The molecule has 14 heavy (non-hydrogen) atoms. The number of carbonyl (C=O) groups excluding carboxylic acids is 1. The van der Waals surface area contributed by atoms with Gasteiger partial charge in [-0.1, -0.05) is 0 Å². The fourth-order valence-electron chi connectivity index (χ4n) is 1.36. The SMILES string of the molecule is CN(C(=O)OC(C)(C)C)[C@H]1C[C@H](O)C1. The van der Waals surface area contributed by atoms with Gasteiger partial charge in [0.15, 0.2) is 0 Å². The molecule has 1 N–H and O–H groups in total. The average molecular weight is 201 g/mol. The molecule has 0 aromatic carbocycles. The summed E-state index contributed by atoms with van der Waals surface area (Å²) in [7, 11) is 1.71. The predicted octanol–water partition coefficient (Wildman–Crippen LogP) is 1.38. The van der Waals surface area contributed by atoms with Crippen LogP contribution in [0.4, 0.5) is 4.79 Å². The monoisotopic (exact) mass is 201 g/mol. The van der Waals surface area contributed by atoms with E-state index in [0.717, 1.165) is 0 Å². The first-order valence-corrected chi connectivity index (χ1v) is 4.93. The van der Waals surface area contributed by atoms with Gasteiger partial charge in [-0.3, -0.25) is 0 Å². The zero-order valence-electron chi connectivity index (χ0n) is 9.28. The van der Waals surface area contributed by atoms with Gasteiger partial charge in [0.2, 0.25) is 0 Å². The molecule has 0 spiro atoms. The fourth-order valence-corrected chi connectivity index (χ4v) is 1.36. The molecule has 0 aromatic rings. The maximum atomic E-state index is 11.5. The molecular formula is C10H19NO3. The molecule has 0 unspecified atom stereocenters. The lowest BCUT2D eigenvalue weighted by atomic mass is 9.89. The summed E-state index contributed by atoms with van der Waals surface area (Å²) in [6.07, 6.45) is 0.769. The zero-order chi connectivity index (χ0) is 10.9. The number of hydrogen-bond donors (Lipinski definition) is 1. The van der Waals surface area contributed by atoms with E-state index in [-0.39, 0.29) is 18.2 Å². The van der Waals surface area contributed by atoms with Crippen LogP contribution >= 0.6 is 0 Å². The van der Waals surface area contributed by atoms with Gasteiger partial charge in [-0.25, -0.2) is 4.79 Å². The van der Waals surface area contributed by atoms with E-state index in [9.17, 15) is 4.79 Å². The highest BCUT2D eigenvalue weighted by molar-refractivity contribution is 5.68. The molecule has 1 saturated carbocycles. The molecule has 4 nitrogen and oxygen atoms in total. The Bertz CT molecular complexity index is 216. The van der Waals surface area contributed by atoms with E-state index < -0.39 is 5.60 Å². The Morgan fingerprint density at radius 2 is 1.93 bits per heavy atom. The van der Waals surface area contributed by atoms with Gasteiger partial charge in [-0.15, -0.1) is 0 Å². The second kappa shape index (κ2) is 3.77. The van der Waals surface area contributed by atoms with Crippen molar-refractivity contribution in [1.82, 2.24) is 4.90 Å². The molecule has 0 radical (unpaired) electrons. The molecule has 1 aliphatic rings. The van der Waals surface area contributed by atoms with E-state index in [0.29, 0.717) is 12.8 Å². The van der Waals surface area contributed by atoms with Gasteiger partial charge in [0, 0.05) is 13.1 Å². The number of hydrogen-bond acceptors (Lipinski definition) is 3. The summed E-state index contributed by atoms with van der Waals surface area (Å²) >= 11 is 0. The van der Waals surface area contributed by atoms with Crippen molar-refractivity contribution in [3.05, 3.63) is 0 Å². The Hall–Kier alpha value is -0.770. The van der Waals surface area contributed by atoms with Gasteiger partial charge < -0.3 is 14.7 Å². The lowest BCUT2D eigenvalue weighted by molar-refractivity contribution is -0.0157.